The van der Waals surface area contributed by atoms with Gasteiger partial charge in [0.15, 0.2) is 0 Å². The lowest BCUT2D eigenvalue weighted by molar-refractivity contribution is -0.120. The van der Waals surface area contributed by atoms with Crippen molar-refractivity contribution in [2.24, 2.45) is 0 Å². The number of nitrogens with zero attached hydrogens (tertiary/aromatic N) is 3. The summed E-state index contributed by atoms with van der Waals surface area (Å²) in [6.45, 7) is 4.60. The molecule has 4 rings (SSSR count). The summed E-state index contributed by atoms with van der Waals surface area (Å²) >= 11 is 0. The second-order valence-electron chi connectivity index (χ2n) is 7.52. The molecular formula is C24H28N4O2. The highest BCUT2D eigenvalue weighted by atomic mass is 16.5. The molecule has 1 fully saturated rings. The van der Waals surface area contributed by atoms with E-state index >= 15 is 0 Å². The average molecular weight is 405 g/mol. The number of carbonyl (C=O) groups is 1. The standard InChI is InChI=1S/C24H28N4O2/c1-3-27-16-14-25-23(27)17-28-15-6-9-22(28)24(29)26-21-8-5-4-7-20(21)18-10-12-19(30-2)13-11-18/h4-5,7-8,10-14,16,22H,3,6,9,15,17H2,1-2H3,(H,26,29). The van der Waals surface area contributed by atoms with Crippen LogP contribution in [-0.2, 0) is 17.9 Å². The van der Waals surface area contributed by atoms with Crippen LogP contribution in [0, 0.1) is 0 Å². The van der Waals surface area contributed by atoms with E-state index in [2.05, 4.69) is 26.7 Å². The van der Waals surface area contributed by atoms with Crippen LogP contribution in [-0.4, -0.2) is 40.1 Å². The van der Waals surface area contributed by atoms with Crippen LogP contribution >= 0.6 is 0 Å². The normalized spacial score (nSPS) is 16.5. The molecule has 3 aromatic rings. The van der Waals surface area contributed by atoms with Crippen LogP contribution in [0.15, 0.2) is 60.9 Å². The van der Waals surface area contributed by atoms with Crippen molar-refractivity contribution >= 4 is 11.6 Å². The lowest BCUT2D eigenvalue weighted by atomic mass is 10.0. The molecule has 30 heavy (non-hydrogen) atoms. The predicted molar refractivity (Wildman–Crippen MR) is 118 cm³/mol. The van der Waals surface area contributed by atoms with Crippen molar-refractivity contribution < 1.29 is 9.53 Å². The van der Waals surface area contributed by atoms with Gasteiger partial charge < -0.3 is 14.6 Å². The number of methoxy groups -OCH3 is 1. The van der Waals surface area contributed by atoms with E-state index in [1.54, 1.807) is 7.11 Å². The highest BCUT2D eigenvalue weighted by Gasteiger charge is 2.31. The first-order valence-corrected chi connectivity index (χ1v) is 10.5. The zero-order valence-corrected chi connectivity index (χ0v) is 17.5. The Balaban J connectivity index is 1.50. The monoisotopic (exact) mass is 404 g/mol. The summed E-state index contributed by atoms with van der Waals surface area (Å²) in [5.74, 6) is 1.87. The minimum Gasteiger partial charge on any atom is -0.497 e. The molecule has 6 heteroatoms. The predicted octanol–water partition coefficient (Wildman–Crippen LogP) is 4.18. The van der Waals surface area contributed by atoms with Crippen LogP contribution in [0.2, 0.25) is 0 Å². The summed E-state index contributed by atoms with van der Waals surface area (Å²) in [4.78, 5) is 19.9. The molecule has 1 saturated heterocycles. The van der Waals surface area contributed by atoms with Crippen molar-refractivity contribution in [2.45, 2.75) is 38.9 Å². The molecule has 2 aromatic carbocycles. The topological polar surface area (TPSA) is 59.4 Å². The molecule has 156 valence electrons. The van der Waals surface area contributed by atoms with Gasteiger partial charge in [0.1, 0.15) is 11.6 Å². The number of para-hydroxylation sites is 1. The third-order valence-corrected chi connectivity index (χ3v) is 5.74. The van der Waals surface area contributed by atoms with Crippen molar-refractivity contribution in [3.05, 3.63) is 66.7 Å². The van der Waals surface area contributed by atoms with E-state index in [0.717, 1.165) is 54.3 Å². The number of hydrogen-bond donors (Lipinski definition) is 1. The number of benzene rings is 2. The Morgan fingerprint density at radius 1 is 1.20 bits per heavy atom. The van der Waals surface area contributed by atoms with E-state index in [9.17, 15) is 4.79 Å². The van der Waals surface area contributed by atoms with Crippen molar-refractivity contribution in [3.8, 4) is 16.9 Å². The Morgan fingerprint density at radius 3 is 2.77 bits per heavy atom. The first-order valence-electron chi connectivity index (χ1n) is 10.5. The Hall–Kier alpha value is -3.12. The zero-order chi connectivity index (χ0) is 20.9. The lowest BCUT2D eigenvalue weighted by Gasteiger charge is -2.24. The molecule has 6 nitrogen and oxygen atoms in total. The van der Waals surface area contributed by atoms with Crippen molar-refractivity contribution in [1.29, 1.82) is 0 Å². The average Bonchev–Trinajstić information content (AvgIpc) is 3.44. The first-order chi connectivity index (χ1) is 14.7. The van der Waals surface area contributed by atoms with Crippen LogP contribution in [0.3, 0.4) is 0 Å². The number of anilines is 1. The van der Waals surface area contributed by atoms with Gasteiger partial charge in [0.05, 0.1) is 19.7 Å². The van der Waals surface area contributed by atoms with E-state index in [0.29, 0.717) is 6.54 Å². The van der Waals surface area contributed by atoms with Gasteiger partial charge >= 0.3 is 0 Å². The molecule has 0 saturated carbocycles. The van der Waals surface area contributed by atoms with Gasteiger partial charge in [-0.15, -0.1) is 0 Å². The van der Waals surface area contributed by atoms with E-state index in [4.69, 9.17) is 4.74 Å². The van der Waals surface area contributed by atoms with Gasteiger partial charge in [-0.1, -0.05) is 30.3 Å². The number of hydrogen-bond acceptors (Lipinski definition) is 4. The van der Waals surface area contributed by atoms with Gasteiger partial charge in [-0.25, -0.2) is 4.98 Å². The molecule has 1 aliphatic heterocycles. The van der Waals surface area contributed by atoms with Crippen molar-refractivity contribution in [3.63, 3.8) is 0 Å². The largest absolute Gasteiger partial charge is 0.497 e. The van der Waals surface area contributed by atoms with Crippen LogP contribution < -0.4 is 10.1 Å². The van der Waals surface area contributed by atoms with E-state index in [1.165, 1.54) is 0 Å². The summed E-state index contributed by atoms with van der Waals surface area (Å²) < 4.78 is 7.39. The molecule has 0 radical (unpaired) electrons. The van der Waals surface area contributed by atoms with Gasteiger partial charge in [-0.3, -0.25) is 9.69 Å². The fourth-order valence-electron chi connectivity index (χ4n) is 4.10. The summed E-state index contributed by atoms with van der Waals surface area (Å²) in [6.07, 6.45) is 5.70. The highest BCUT2D eigenvalue weighted by Crippen LogP contribution is 2.30. The minimum atomic E-state index is -0.143. The van der Waals surface area contributed by atoms with Crippen LogP contribution in [0.1, 0.15) is 25.6 Å². The molecule has 1 unspecified atom stereocenters. The molecule has 1 atom stereocenters. The molecule has 2 heterocycles. The Morgan fingerprint density at radius 2 is 2.00 bits per heavy atom. The lowest BCUT2D eigenvalue weighted by Crippen LogP contribution is -2.39. The van der Waals surface area contributed by atoms with E-state index in [-0.39, 0.29) is 11.9 Å². The second-order valence-corrected chi connectivity index (χ2v) is 7.52. The van der Waals surface area contributed by atoms with Crippen molar-refractivity contribution in [1.82, 2.24) is 14.5 Å². The number of ether oxygens (including phenoxy) is 1. The first kappa shape index (κ1) is 20.2. The maximum Gasteiger partial charge on any atom is 0.241 e. The molecule has 1 aromatic heterocycles. The smallest absolute Gasteiger partial charge is 0.241 e. The second kappa shape index (κ2) is 9.13. The summed E-state index contributed by atoms with van der Waals surface area (Å²) in [5.41, 5.74) is 2.87. The molecule has 1 aliphatic rings. The number of nitrogens with one attached hydrogen (secondary N) is 1. The van der Waals surface area contributed by atoms with Gasteiger partial charge in [-0.05, 0) is 50.1 Å². The quantitative estimate of drug-likeness (QED) is 0.642. The minimum absolute atomic E-state index is 0.0445. The third-order valence-electron chi connectivity index (χ3n) is 5.74. The fourth-order valence-corrected chi connectivity index (χ4v) is 4.10. The Labute approximate surface area is 177 Å². The van der Waals surface area contributed by atoms with Crippen LogP contribution in [0.4, 0.5) is 5.69 Å². The third kappa shape index (κ3) is 4.24. The summed E-state index contributed by atoms with van der Waals surface area (Å²) in [7, 11) is 1.66. The number of amides is 1. The number of aromatic nitrogens is 2. The molecule has 0 spiro atoms. The van der Waals surface area contributed by atoms with Gasteiger partial charge in [0.2, 0.25) is 5.91 Å². The molecular weight excluding hydrogens is 376 g/mol. The molecule has 0 bridgehead atoms. The fraction of sp³-hybridized carbons (Fsp3) is 0.333. The maximum atomic E-state index is 13.2. The summed E-state index contributed by atoms with van der Waals surface area (Å²) in [5, 5.41) is 3.18. The highest BCUT2D eigenvalue weighted by molar-refractivity contribution is 5.98. The van der Waals surface area contributed by atoms with E-state index < -0.39 is 0 Å². The Bertz CT molecular complexity index is 996. The van der Waals surface area contributed by atoms with Crippen molar-refractivity contribution in [2.75, 3.05) is 19.0 Å². The number of imidazole rings is 1. The molecule has 1 amide bonds. The van der Waals surface area contributed by atoms with Gasteiger partial charge in [-0.2, -0.15) is 0 Å². The number of rotatable bonds is 7. The maximum absolute atomic E-state index is 13.2. The van der Waals surface area contributed by atoms with Crippen LogP contribution in [0.5, 0.6) is 5.75 Å². The summed E-state index contributed by atoms with van der Waals surface area (Å²) in [6, 6.07) is 15.7. The molecule has 0 aliphatic carbocycles. The molecule has 1 N–H and O–H groups in total. The van der Waals surface area contributed by atoms with Gasteiger partial charge in [0, 0.05) is 30.2 Å². The number of likely N-dealkylation sites (tertiary alicyclic amines) is 1. The number of aryl methyl sites for hydroxylation is 1. The SMILES string of the molecule is CCn1ccnc1CN1CCCC1C(=O)Nc1ccccc1-c1ccc(OC)cc1. The van der Waals surface area contributed by atoms with Crippen LogP contribution in [0.25, 0.3) is 11.1 Å². The van der Waals surface area contributed by atoms with Gasteiger partial charge in [0.25, 0.3) is 0 Å². The zero-order valence-electron chi connectivity index (χ0n) is 17.5. The van der Waals surface area contributed by atoms with E-state index in [1.807, 2.05) is 60.9 Å². The Kier molecular flexibility index (Phi) is 6.14. The number of carbonyl (C=O) groups excluding carboxylic acids is 1.